The second-order valence-corrected chi connectivity index (χ2v) is 5.40. The highest BCUT2D eigenvalue weighted by Gasteiger charge is 2.18. The summed E-state index contributed by atoms with van der Waals surface area (Å²) in [5.41, 5.74) is 1.62. The fraction of sp³-hybridized carbons (Fsp3) is 0.357. The molecule has 2 rings (SSSR count). The number of carbonyl (C=O) groups excluding carboxylic acids is 1. The van der Waals surface area contributed by atoms with E-state index in [9.17, 15) is 4.79 Å². The predicted molar refractivity (Wildman–Crippen MR) is 75.9 cm³/mol. The van der Waals surface area contributed by atoms with Crippen LogP contribution in [0.15, 0.2) is 27.1 Å². The minimum Gasteiger partial charge on any atom is -0.451 e. The molecule has 1 aromatic carbocycles. The SMILES string of the molecule is CCC(C)NC(=O)c1oc2ccc(Br)cc2c1C. The van der Waals surface area contributed by atoms with E-state index >= 15 is 0 Å². The lowest BCUT2D eigenvalue weighted by Gasteiger charge is -2.09. The molecule has 0 aliphatic carbocycles. The minimum absolute atomic E-state index is 0.144. The number of benzene rings is 1. The Balaban J connectivity index is 2.40. The Kier molecular flexibility index (Phi) is 3.76. The number of nitrogens with one attached hydrogen (secondary N) is 1. The first-order valence-corrected chi connectivity index (χ1v) is 6.81. The maximum absolute atomic E-state index is 12.1. The predicted octanol–water partition coefficient (Wildman–Crippen LogP) is 4.03. The zero-order valence-corrected chi connectivity index (χ0v) is 12.3. The van der Waals surface area contributed by atoms with Crippen LogP contribution in [-0.2, 0) is 0 Å². The van der Waals surface area contributed by atoms with Crippen LogP contribution < -0.4 is 5.32 Å². The van der Waals surface area contributed by atoms with Gasteiger partial charge in [0.05, 0.1) is 0 Å². The number of amides is 1. The molecular weight excluding hydrogens is 294 g/mol. The highest BCUT2D eigenvalue weighted by Crippen LogP contribution is 2.28. The monoisotopic (exact) mass is 309 g/mol. The lowest BCUT2D eigenvalue weighted by Crippen LogP contribution is -2.32. The van der Waals surface area contributed by atoms with Gasteiger partial charge in [-0.2, -0.15) is 0 Å². The van der Waals surface area contributed by atoms with E-state index in [4.69, 9.17) is 4.42 Å². The summed E-state index contributed by atoms with van der Waals surface area (Å²) in [6.45, 7) is 5.92. The molecule has 96 valence electrons. The van der Waals surface area contributed by atoms with Crippen LogP contribution in [0.5, 0.6) is 0 Å². The molecule has 1 heterocycles. The van der Waals surface area contributed by atoms with Gasteiger partial charge in [0, 0.05) is 21.5 Å². The van der Waals surface area contributed by atoms with E-state index in [1.807, 2.05) is 39.0 Å². The zero-order chi connectivity index (χ0) is 13.3. The second kappa shape index (κ2) is 5.14. The van der Waals surface area contributed by atoms with Gasteiger partial charge in [-0.3, -0.25) is 4.79 Å². The van der Waals surface area contributed by atoms with Gasteiger partial charge >= 0.3 is 0 Å². The molecule has 18 heavy (non-hydrogen) atoms. The molecule has 0 saturated heterocycles. The third kappa shape index (κ3) is 2.43. The van der Waals surface area contributed by atoms with Crippen molar-refractivity contribution in [3.05, 3.63) is 34.0 Å². The summed E-state index contributed by atoms with van der Waals surface area (Å²) < 4.78 is 6.61. The molecule has 0 saturated carbocycles. The van der Waals surface area contributed by atoms with Gasteiger partial charge in [-0.15, -0.1) is 0 Å². The third-order valence-corrected chi connectivity index (χ3v) is 3.59. The normalized spacial score (nSPS) is 12.7. The average Bonchev–Trinajstić information content (AvgIpc) is 2.66. The van der Waals surface area contributed by atoms with Crippen molar-refractivity contribution >= 4 is 32.8 Å². The Labute approximate surface area is 115 Å². The number of furan rings is 1. The van der Waals surface area contributed by atoms with Crippen molar-refractivity contribution in [2.75, 3.05) is 0 Å². The molecule has 1 aromatic heterocycles. The number of aryl methyl sites for hydroxylation is 1. The molecule has 3 nitrogen and oxygen atoms in total. The average molecular weight is 310 g/mol. The maximum Gasteiger partial charge on any atom is 0.287 e. The molecule has 0 spiro atoms. The Hall–Kier alpha value is -1.29. The molecule has 0 bridgehead atoms. The summed E-state index contributed by atoms with van der Waals surface area (Å²) in [6.07, 6.45) is 0.899. The Morgan fingerprint density at radius 1 is 1.50 bits per heavy atom. The topological polar surface area (TPSA) is 42.2 Å². The fourth-order valence-corrected chi connectivity index (χ4v) is 2.16. The van der Waals surface area contributed by atoms with E-state index in [1.165, 1.54) is 0 Å². The first kappa shape index (κ1) is 13.1. The summed E-state index contributed by atoms with van der Waals surface area (Å²) in [6, 6.07) is 5.89. The number of rotatable bonds is 3. The molecule has 0 radical (unpaired) electrons. The van der Waals surface area contributed by atoms with Crippen molar-refractivity contribution in [3.63, 3.8) is 0 Å². The largest absolute Gasteiger partial charge is 0.451 e. The first-order chi connectivity index (χ1) is 8.52. The van der Waals surface area contributed by atoms with E-state index in [-0.39, 0.29) is 11.9 Å². The van der Waals surface area contributed by atoms with Crippen LogP contribution in [0.3, 0.4) is 0 Å². The van der Waals surface area contributed by atoms with E-state index in [0.717, 1.165) is 27.4 Å². The van der Waals surface area contributed by atoms with Gasteiger partial charge in [-0.1, -0.05) is 22.9 Å². The highest BCUT2D eigenvalue weighted by atomic mass is 79.9. The third-order valence-electron chi connectivity index (χ3n) is 3.09. The van der Waals surface area contributed by atoms with Crippen molar-refractivity contribution in [3.8, 4) is 0 Å². The lowest BCUT2D eigenvalue weighted by molar-refractivity contribution is 0.0912. The van der Waals surface area contributed by atoms with Crippen LogP contribution in [0.25, 0.3) is 11.0 Å². The van der Waals surface area contributed by atoms with Gasteiger partial charge in [-0.25, -0.2) is 0 Å². The van der Waals surface area contributed by atoms with Gasteiger partial charge in [0.2, 0.25) is 0 Å². The van der Waals surface area contributed by atoms with Crippen molar-refractivity contribution in [2.24, 2.45) is 0 Å². The maximum atomic E-state index is 12.1. The van der Waals surface area contributed by atoms with Crippen LogP contribution in [0.4, 0.5) is 0 Å². The van der Waals surface area contributed by atoms with Gasteiger partial charge < -0.3 is 9.73 Å². The van der Waals surface area contributed by atoms with Gasteiger partial charge in [-0.05, 0) is 38.5 Å². The molecular formula is C14H16BrNO2. The summed E-state index contributed by atoms with van der Waals surface area (Å²) in [7, 11) is 0. The first-order valence-electron chi connectivity index (χ1n) is 6.02. The van der Waals surface area contributed by atoms with Crippen molar-refractivity contribution in [1.29, 1.82) is 0 Å². The van der Waals surface area contributed by atoms with Crippen molar-refractivity contribution in [1.82, 2.24) is 5.32 Å². The number of fused-ring (bicyclic) bond motifs is 1. The summed E-state index contributed by atoms with van der Waals surface area (Å²) in [5.74, 6) is 0.262. The Morgan fingerprint density at radius 3 is 2.89 bits per heavy atom. The summed E-state index contributed by atoms with van der Waals surface area (Å²) in [5, 5.41) is 3.89. The van der Waals surface area contributed by atoms with Gasteiger partial charge in [0.15, 0.2) is 5.76 Å². The van der Waals surface area contributed by atoms with Gasteiger partial charge in [0.25, 0.3) is 5.91 Å². The van der Waals surface area contributed by atoms with Crippen LogP contribution in [0.2, 0.25) is 0 Å². The second-order valence-electron chi connectivity index (χ2n) is 4.48. The molecule has 4 heteroatoms. The Bertz CT molecular complexity index is 589. The van der Waals surface area contributed by atoms with Crippen LogP contribution >= 0.6 is 15.9 Å². The Morgan fingerprint density at radius 2 is 2.22 bits per heavy atom. The number of hydrogen-bond acceptors (Lipinski definition) is 2. The van der Waals surface area contributed by atoms with E-state index in [2.05, 4.69) is 21.2 Å². The quantitative estimate of drug-likeness (QED) is 0.930. The zero-order valence-electron chi connectivity index (χ0n) is 10.7. The van der Waals surface area contributed by atoms with E-state index in [0.29, 0.717) is 5.76 Å². The molecule has 0 aliphatic heterocycles. The fourth-order valence-electron chi connectivity index (χ4n) is 1.80. The van der Waals surface area contributed by atoms with Crippen molar-refractivity contribution < 1.29 is 9.21 Å². The molecule has 0 fully saturated rings. The minimum atomic E-state index is -0.144. The summed E-state index contributed by atoms with van der Waals surface area (Å²) >= 11 is 3.42. The van der Waals surface area contributed by atoms with Crippen LogP contribution in [0, 0.1) is 6.92 Å². The molecule has 1 amide bonds. The van der Waals surface area contributed by atoms with Crippen LogP contribution in [-0.4, -0.2) is 11.9 Å². The molecule has 1 N–H and O–H groups in total. The highest BCUT2D eigenvalue weighted by molar-refractivity contribution is 9.10. The smallest absolute Gasteiger partial charge is 0.287 e. The lowest BCUT2D eigenvalue weighted by atomic mass is 10.1. The standard InChI is InChI=1S/C14H16BrNO2/c1-4-8(2)16-14(17)13-9(3)11-7-10(15)5-6-12(11)18-13/h5-8H,4H2,1-3H3,(H,16,17). The molecule has 0 aliphatic rings. The van der Waals surface area contributed by atoms with Crippen molar-refractivity contribution in [2.45, 2.75) is 33.2 Å². The summed E-state index contributed by atoms with van der Waals surface area (Å²) in [4.78, 5) is 12.1. The van der Waals surface area contributed by atoms with Gasteiger partial charge in [0.1, 0.15) is 5.58 Å². The molecule has 1 atom stereocenters. The number of hydrogen-bond donors (Lipinski definition) is 1. The van der Waals surface area contributed by atoms with E-state index in [1.54, 1.807) is 0 Å². The van der Waals surface area contributed by atoms with E-state index < -0.39 is 0 Å². The molecule has 1 unspecified atom stereocenters. The number of halogens is 1. The molecule has 2 aromatic rings. The van der Waals surface area contributed by atoms with Crippen LogP contribution in [0.1, 0.15) is 36.4 Å². The number of carbonyl (C=O) groups is 1.